The van der Waals surface area contributed by atoms with Crippen molar-refractivity contribution in [2.24, 2.45) is 5.92 Å². The molecule has 1 aliphatic carbocycles. The fraction of sp³-hybridized carbons (Fsp3) is 0.333. The van der Waals surface area contributed by atoms with E-state index in [-0.39, 0.29) is 0 Å². The Morgan fingerprint density at radius 2 is 1.94 bits per heavy atom. The van der Waals surface area contributed by atoms with Crippen LogP contribution >= 0.6 is 0 Å². The average Bonchev–Trinajstić information content (AvgIpc) is 2.84. The molecule has 1 aliphatic rings. The molecule has 4 heteroatoms. The molecule has 0 N–H and O–H groups in total. The van der Waals surface area contributed by atoms with Gasteiger partial charge in [0.25, 0.3) is 0 Å². The Hall–Kier alpha value is -1.84. The number of hydrogen-bond donors (Lipinski definition) is 0. The van der Waals surface area contributed by atoms with Gasteiger partial charge in [0.2, 0.25) is 5.89 Å². The summed E-state index contributed by atoms with van der Waals surface area (Å²) in [4.78, 5) is 10.7. The molecule has 16 heavy (non-hydrogen) atoms. The summed E-state index contributed by atoms with van der Waals surface area (Å²) in [7, 11) is 0. The molecule has 0 radical (unpaired) electrons. The molecule has 0 bridgehead atoms. The van der Waals surface area contributed by atoms with Gasteiger partial charge < -0.3 is 4.42 Å². The first-order chi connectivity index (χ1) is 7.81. The zero-order chi connectivity index (χ0) is 11.0. The second kappa shape index (κ2) is 3.63. The van der Waals surface area contributed by atoms with Gasteiger partial charge in [-0.25, -0.2) is 4.79 Å². The van der Waals surface area contributed by atoms with Crippen LogP contribution in [0, 0.1) is 5.92 Å². The molecule has 4 nitrogen and oxygen atoms in total. The van der Waals surface area contributed by atoms with Gasteiger partial charge in [0, 0.05) is 6.42 Å². The van der Waals surface area contributed by atoms with Crippen LogP contribution in [0.4, 0.5) is 0 Å². The molecule has 0 atom stereocenters. The lowest BCUT2D eigenvalue weighted by Gasteiger charge is -2.02. The van der Waals surface area contributed by atoms with Crippen molar-refractivity contribution in [1.82, 2.24) is 5.16 Å². The molecule has 1 heterocycles. The summed E-state index contributed by atoms with van der Waals surface area (Å²) < 4.78 is 9.19. The van der Waals surface area contributed by atoms with Crippen LogP contribution in [-0.2, 0) is 19.3 Å². The van der Waals surface area contributed by atoms with Crippen LogP contribution < -0.4 is 5.82 Å². The van der Waals surface area contributed by atoms with Crippen LogP contribution in [0.1, 0.15) is 17.0 Å². The third-order valence-electron chi connectivity index (χ3n) is 3.02. The van der Waals surface area contributed by atoms with Crippen LogP contribution in [-0.4, -0.2) is 5.16 Å². The first-order valence-electron chi connectivity index (χ1n) is 5.34. The van der Waals surface area contributed by atoms with E-state index < -0.39 is 5.82 Å². The molecule has 0 aliphatic heterocycles. The van der Waals surface area contributed by atoms with E-state index in [2.05, 4.69) is 33.9 Å². The van der Waals surface area contributed by atoms with Gasteiger partial charge in [-0.1, -0.05) is 24.3 Å². The van der Waals surface area contributed by atoms with Crippen molar-refractivity contribution in [2.45, 2.75) is 19.3 Å². The van der Waals surface area contributed by atoms with Crippen molar-refractivity contribution in [3.8, 4) is 0 Å². The van der Waals surface area contributed by atoms with Gasteiger partial charge in [0.1, 0.15) is 0 Å². The lowest BCUT2D eigenvalue weighted by Crippen LogP contribution is -2.04. The average molecular weight is 217 g/mol. The van der Waals surface area contributed by atoms with Gasteiger partial charge in [0.15, 0.2) is 0 Å². The highest BCUT2D eigenvalue weighted by molar-refractivity contribution is 5.32. The lowest BCUT2D eigenvalue weighted by molar-refractivity contribution is 0.333. The maximum Gasteiger partial charge on any atom is 0.542 e. The molecule has 2 aromatic rings. The number of nitrogens with zero attached hydrogens (tertiary/aromatic N) is 1. The highest BCUT2D eigenvalue weighted by atomic mass is 16.6. The Morgan fingerprint density at radius 3 is 2.50 bits per heavy atom. The smallest absolute Gasteiger partial charge is 0.375 e. The monoisotopic (exact) mass is 217 g/mol. The second-order valence-corrected chi connectivity index (χ2v) is 4.18. The second-order valence-electron chi connectivity index (χ2n) is 4.18. The predicted molar refractivity (Wildman–Crippen MR) is 56.1 cm³/mol. The third kappa shape index (κ3) is 1.66. The SMILES string of the molecule is O=c1onc(CC2Cc3ccccc3C2)o1. The van der Waals surface area contributed by atoms with E-state index in [1.165, 1.54) is 11.1 Å². The Morgan fingerprint density at radius 1 is 1.25 bits per heavy atom. The topological polar surface area (TPSA) is 56.2 Å². The molecule has 1 aromatic carbocycles. The van der Waals surface area contributed by atoms with E-state index in [4.69, 9.17) is 4.42 Å². The zero-order valence-corrected chi connectivity index (χ0v) is 8.68. The summed E-state index contributed by atoms with van der Waals surface area (Å²) in [6, 6.07) is 8.40. The molecule has 82 valence electrons. The van der Waals surface area contributed by atoms with E-state index in [9.17, 15) is 4.79 Å². The predicted octanol–water partition coefficient (Wildman–Crippen LogP) is 1.59. The highest BCUT2D eigenvalue weighted by Gasteiger charge is 2.23. The van der Waals surface area contributed by atoms with Crippen LogP contribution in [0.5, 0.6) is 0 Å². The van der Waals surface area contributed by atoms with Crippen molar-refractivity contribution in [3.63, 3.8) is 0 Å². The maximum atomic E-state index is 10.7. The van der Waals surface area contributed by atoms with Crippen LogP contribution in [0.2, 0.25) is 0 Å². The molecule has 3 rings (SSSR count). The normalized spacial score (nSPS) is 15.2. The van der Waals surface area contributed by atoms with E-state index in [1.807, 2.05) is 0 Å². The van der Waals surface area contributed by atoms with E-state index in [1.54, 1.807) is 0 Å². The molecular formula is C12H11NO3. The molecule has 0 amide bonds. The highest BCUT2D eigenvalue weighted by Crippen LogP contribution is 2.28. The minimum absolute atomic E-state index is 0.405. The van der Waals surface area contributed by atoms with Gasteiger partial charge in [-0.15, -0.1) is 0 Å². The largest absolute Gasteiger partial charge is 0.542 e. The van der Waals surface area contributed by atoms with Crippen molar-refractivity contribution in [1.29, 1.82) is 0 Å². The molecular weight excluding hydrogens is 206 g/mol. The maximum absolute atomic E-state index is 10.7. The molecule has 0 saturated heterocycles. The summed E-state index contributed by atoms with van der Waals surface area (Å²) in [5, 5.41) is 3.59. The van der Waals surface area contributed by atoms with E-state index in [0.717, 1.165) is 12.8 Å². The summed E-state index contributed by atoms with van der Waals surface area (Å²) in [5.74, 6) is 0.152. The first-order valence-corrected chi connectivity index (χ1v) is 5.34. The van der Waals surface area contributed by atoms with Gasteiger partial charge >= 0.3 is 5.82 Å². The fourth-order valence-corrected chi connectivity index (χ4v) is 2.34. The lowest BCUT2D eigenvalue weighted by atomic mass is 10.0. The van der Waals surface area contributed by atoms with Gasteiger partial charge in [-0.3, -0.25) is 4.52 Å². The van der Waals surface area contributed by atoms with Gasteiger partial charge in [0.05, 0.1) is 0 Å². The molecule has 0 fully saturated rings. The molecule has 0 saturated carbocycles. The van der Waals surface area contributed by atoms with Crippen molar-refractivity contribution < 1.29 is 8.94 Å². The first kappa shape index (κ1) is 9.39. The van der Waals surface area contributed by atoms with Crippen molar-refractivity contribution >= 4 is 0 Å². The summed E-state index contributed by atoms with van der Waals surface area (Å²) >= 11 is 0. The van der Waals surface area contributed by atoms with Crippen LogP contribution in [0.3, 0.4) is 0 Å². The number of fused-ring (bicyclic) bond motifs is 1. The quantitative estimate of drug-likeness (QED) is 0.766. The standard InChI is InChI=1S/C12H11NO3/c14-12-15-11(13-16-12)7-8-5-9-3-1-2-4-10(9)6-8/h1-4,8H,5-7H2. The van der Waals surface area contributed by atoms with Gasteiger partial charge in [-0.05, 0) is 35.0 Å². The number of benzene rings is 1. The van der Waals surface area contributed by atoms with E-state index >= 15 is 0 Å². The van der Waals surface area contributed by atoms with Crippen LogP contribution in [0.25, 0.3) is 0 Å². The van der Waals surface area contributed by atoms with Crippen molar-refractivity contribution in [2.75, 3.05) is 0 Å². The number of rotatable bonds is 2. The fourth-order valence-electron chi connectivity index (χ4n) is 2.34. The molecule has 1 aromatic heterocycles. The summed E-state index contributed by atoms with van der Waals surface area (Å²) in [5.41, 5.74) is 2.77. The Bertz CT molecular complexity index is 530. The Kier molecular flexibility index (Phi) is 2.13. The van der Waals surface area contributed by atoms with Crippen molar-refractivity contribution in [3.05, 3.63) is 51.9 Å². The van der Waals surface area contributed by atoms with Crippen LogP contribution in [0.15, 0.2) is 38.0 Å². The molecule has 0 spiro atoms. The minimum atomic E-state index is -0.717. The van der Waals surface area contributed by atoms with E-state index in [0.29, 0.717) is 18.2 Å². The Balaban J connectivity index is 1.75. The minimum Gasteiger partial charge on any atom is -0.375 e. The number of hydrogen-bond acceptors (Lipinski definition) is 4. The number of aromatic nitrogens is 1. The van der Waals surface area contributed by atoms with Gasteiger partial charge in [-0.2, -0.15) is 0 Å². The zero-order valence-electron chi connectivity index (χ0n) is 8.68. The summed E-state index contributed by atoms with van der Waals surface area (Å²) in [6.07, 6.45) is 2.71. The third-order valence-corrected chi connectivity index (χ3v) is 3.02. The Labute approximate surface area is 91.9 Å². The molecule has 0 unspecified atom stereocenters. The summed E-state index contributed by atoms with van der Waals surface area (Å²) in [6.45, 7) is 0.